The van der Waals surface area contributed by atoms with E-state index in [-0.39, 0.29) is 6.29 Å². The number of methoxy groups -OCH3 is 1. The van der Waals surface area contributed by atoms with Crippen LogP contribution in [0.4, 0.5) is 0 Å². The second-order valence-corrected chi connectivity index (χ2v) is 6.97. The minimum atomic E-state index is -1.08. The van der Waals surface area contributed by atoms with Gasteiger partial charge in [0.25, 0.3) is 7.77 Å². The largest absolute Gasteiger partial charge is 0.366 e. The maximum Gasteiger partial charge on any atom is 0.256 e. The molecule has 106 valence electrons. The Kier molecular flexibility index (Phi) is 5.71. The number of ether oxygens (including phenoxy) is 3. The van der Waals surface area contributed by atoms with Gasteiger partial charge >= 0.3 is 0 Å². The summed E-state index contributed by atoms with van der Waals surface area (Å²) in [5.74, 6) is 0.413. The summed E-state index contributed by atoms with van der Waals surface area (Å²) < 4.78 is 21.9. The molecular weight excluding hydrogens is 255 g/mol. The lowest BCUT2D eigenvalue weighted by Crippen LogP contribution is -2.32. The molecule has 0 aliphatic carbocycles. The number of hydrogen-bond donors (Lipinski definition) is 1. The summed E-state index contributed by atoms with van der Waals surface area (Å²) in [4.78, 5) is 0. The third-order valence-corrected chi connectivity index (χ3v) is 4.18. The van der Waals surface area contributed by atoms with Crippen LogP contribution in [-0.2, 0) is 18.7 Å². The molecule has 0 spiro atoms. The Morgan fingerprint density at radius 1 is 1.39 bits per heavy atom. The van der Waals surface area contributed by atoms with Gasteiger partial charge in [-0.2, -0.15) is 0 Å². The van der Waals surface area contributed by atoms with E-state index in [4.69, 9.17) is 18.7 Å². The predicted molar refractivity (Wildman–Crippen MR) is 71.8 cm³/mol. The Bertz CT molecular complexity index is 295. The lowest BCUT2D eigenvalue weighted by Gasteiger charge is -2.25. The Morgan fingerprint density at radius 2 is 2.06 bits per heavy atom. The van der Waals surface area contributed by atoms with Crippen LogP contribution in [0.1, 0.15) is 34.1 Å². The summed E-state index contributed by atoms with van der Waals surface area (Å²) in [7, 11) is 0.973. The van der Waals surface area contributed by atoms with E-state index in [9.17, 15) is 5.11 Å². The third kappa shape index (κ3) is 6.23. The normalized spacial score (nSPS) is 23.2. The fraction of sp³-hybridized carbons (Fsp3) is 0.917. The second kappa shape index (κ2) is 6.42. The first-order valence-corrected chi connectivity index (χ1v) is 7.59. The topological polar surface area (TPSA) is 57.2 Å². The van der Waals surface area contributed by atoms with Gasteiger partial charge in [0.1, 0.15) is 5.80 Å². The van der Waals surface area contributed by atoms with Crippen molar-refractivity contribution in [1.29, 1.82) is 0 Å². The van der Waals surface area contributed by atoms with Crippen LogP contribution in [0.25, 0.3) is 0 Å². The Morgan fingerprint density at radius 3 is 2.61 bits per heavy atom. The number of hydrogen-bond acceptors (Lipinski definition) is 5. The molecular formula is C12H24O5P+. The van der Waals surface area contributed by atoms with Gasteiger partial charge in [-0.05, 0) is 27.7 Å². The molecule has 1 rings (SSSR count). The Hall–Kier alpha value is -0.0300. The fourth-order valence-electron chi connectivity index (χ4n) is 1.40. The molecule has 1 N–H and O–H groups in total. The summed E-state index contributed by atoms with van der Waals surface area (Å²) >= 11 is 0. The monoisotopic (exact) mass is 279 g/mol. The zero-order valence-corrected chi connectivity index (χ0v) is 12.7. The minimum absolute atomic E-state index is 0.242. The molecule has 0 amide bonds. The molecule has 0 fully saturated rings. The van der Waals surface area contributed by atoms with Gasteiger partial charge in [-0.1, -0.05) is 0 Å². The van der Waals surface area contributed by atoms with Crippen LogP contribution in [-0.4, -0.2) is 48.6 Å². The van der Waals surface area contributed by atoms with E-state index >= 15 is 0 Å². The number of aliphatic hydroxyl groups is 1. The summed E-state index contributed by atoms with van der Waals surface area (Å²) in [5.41, 5.74) is 0. The van der Waals surface area contributed by atoms with Gasteiger partial charge in [-0.15, -0.1) is 4.52 Å². The van der Waals surface area contributed by atoms with E-state index in [1.165, 1.54) is 0 Å². The molecule has 0 aromatic rings. The molecule has 1 heterocycles. The van der Waals surface area contributed by atoms with E-state index in [0.29, 0.717) is 6.61 Å². The van der Waals surface area contributed by atoms with Gasteiger partial charge < -0.3 is 19.3 Å². The molecule has 1 aliphatic heterocycles. The molecule has 0 aromatic heterocycles. The molecule has 0 saturated heterocycles. The molecule has 18 heavy (non-hydrogen) atoms. The third-order valence-electron chi connectivity index (χ3n) is 2.43. The van der Waals surface area contributed by atoms with Crippen molar-refractivity contribution in [3.63, 3.8) is 0 Å². The lowest BCUT2D eigenvalue weighted by molar-refractivity contribution is -0.258. The minimum Gasteiger partial charge on any atom is -0.366 e. The highest BCUT2D eigenvalue weighted by molar-refractivity contribution is 7.52. The van der Waals surface area contributed by atoms with Crippen molar-refractivity contribution in [2.45, 2.75) is 52.0 Å². The van der Waals surface area contributed by atoms with Crippen LogP contribution in [0.5, 0.6) is 0 Å². The van der Waals surface area contributed by atoms with Crippen molar-refractivity contribution in [3.8, 4) is 0 Å². The molecule has 5 nitrogen and oxygen atoms in total. The molecule has 2 atom stereocenters. The highest BCUT2D eigenvalue weighted by Gasteiger charge is 2.33. The van der Waals surface area contributed by atoms with Crippen LogP contribution in [0.2, 0.25) is 0 Å². The first-order valence-electron chi connectivity index (χ1n) is 6.08. The Labute approximate surface area is 110 Å². The first kappa shape index (κ1) is 16.0. The second-order valence-electron chi connectivity index (χ2n) is 5.11. The molecule has 0 radical (unpaired) electrons. The van der Waals surface area contributed by atoms with Crippen molar-refractivity contribution >= 4 is 13.6 Å². The maximum atomic E-state index is 9.42. The molecule has 0 bridgehead atoms. The fourth-order valence-corrected chi connectivity index (χ4v) is 2.89. The van der Waals surface area contributed by atoms with Gasteiger partial charge in [0.2, 0.25) is 6.29 Å². The van der Waals surface area contributed by atoms with Crippen molar-refractivity contribution in [2.24, 2.45) is 0 Å². The van der Waals surface area contributed by atoms with Gasteiger partial charge in [-0.25, -0.2) is 0 Å². The molecule has 1 aliphatic rings. The standard InChI is InChI=1S/C12H24O5P/c1-11(2,13)15-7-9-18-8-6-10(17-18)16-12(3,4)14-5/h8,10,13H,6-7,9H2,1-5H3/q+1/t10-/m0/s1. The van der Waals surface area contributed by atoms with E-state index in [1.807, 2.05) is 13.8 Å². The summed E-state index contributed by atoms with van der Waals surface area (Å²) in [5, 5.41) is 9.42. The number of rotatable bonds is 7. The zero-order valence-electron chi connectivity index (χ0n) is 11.8. The average molecular weight is 279 g/mol. The van der Waals surface area contributed by atoms with Gasteiger partial charge in [-0.3, -0.25) is 0 Å². The van der Waals surface area contributed by atoms with Crippen molar-refractivity contribution in [3.05, 3.63) is 0 Å². The smallest absolute Gasteiger partial charge is 0.256 e. The van der Waals surface area contributed by atoms with Crippen LogP contribution in [0.15, 0.2) is 0 Å². The van der Waals surface area contributed by atoms with Gasteiger partial charge in [0, 0.05) is 7.11 Å². The average Bonchev–Trinajstić information content (AvgIpc) is 2.63. The highest BCUT2D eigenvalue weighted by Crippen LogP contribution is 2.35. The van der Waals surface area contributed by atoms with E-state index < -0.39 is 19.3 Å². The van der Waals surface area contributed by atoms with E-state index in [0.717, 1.165) is 12.6 Å². The summed E-state index contributed by atoms with van der Waals surface area (Å²) in [6.07, 6.45) is 1.29. The van der Waals surface area contributed by atoms with Crippen LogP contribution in [0.3, 0.4) is 0 Å². The summed E-state index contributed by atoms with van der Waals surface area (Å²) in [6, 6.07) is 0. The summed E-state index contributed by atoms with van der Waals surface area (Å²) in [6.45, 7) is 7.42. The highest BCUT2D eigenvalue weighted by atomic mass is 31.1. The molecule has 0 saturated carbocycles. The Balaban J connectivity index is 2.25. The quantitative estimate of drug-likeness (QED) is 0.571. The molecule has 6 heteroatoms. The van der Waals surface area contributed by atoms with E-state index in [1.54, 1.807) is 21.0 Å². The molecule has 0 aromatic carbocycles. The van der Waals surface area contributed by atoms with E-state index in [2.05, 4.69) is 5.80 Å². The van der Waals surface area contributed by atoms with Crippen molar-refractivity contribution in [1.82, 2.24) is 0 Å². The van der Waals surface area contributed by atoms with Gasteiger partial charge in [0.05, 0.1) is 13.0 Å². The van der Waals surface area contributed by atoms with Gasteiger partial charge in [0.15, 0.2) is 17.7 Å². The SMILES string of the molecule is COC(C)(C)O[C@@H]1CC=[P+](CCOC(C)(C)O)O1. The first-order chi connectivity index (χ1) is 8.22. The lowest BCUT2D eigenvalue weighted by atomic mass is 10.3. The maximum absolute atomic E-state index is 9.42. The van der Waals surface area contributed by atoms with Crippen LogP contribution in [0, 0.1) is 0 Å². The van der Waals surface area contributed by atoms with Crippen LogP contribution < -0.4 is 0 Å². The zero-order chi connectivity index (χ0) is 13.8. The van der Waals surface area contributed by atoms with Crippen molar-refractivity contribution in [2.75, 3.05) is 19.9 Å². The van der Waals surface area contributed by atoms with Crippen molar-refractivity contribution < 1.29 is 23.8 Å². The van der Waals surface area contributed by atoms with Crippen LogP contribution >= 0.6 is 7.77 Å². The predicted octanol–water partition coefficient (Wildman–Crippen LogP) is 2.08. The molecule has 1 unspecified atom stereocenters.